The van der Waals surface area contributed by atoms with E-state index < -0.39 is 5.54 Å². The summed E-state index contributed by atoms with van der Waals surface area (Å²) >= 11 is 0. The zero-order valence-electron chi connectivity index (χ0n) is 18.5. The van der Waals surface area contributed by atoms with Crippen LogP contribution in [0.4, 0.5) is 4.79 Å². The molecule has 31 heavy (non-hydrogen) atoms. The molecule has 3 amide bonds. The number of carbonyl (C=O) groups is 2. The van der Waals surface area contributed by atoms with Gasteiger partial charge in [-0.2, -0.15) is 0 Å². The molecular weight excluding hydrogens is 388 g/mol. The van der Waals surface area contributed by atoms with Crippen LogP contribution in [-0.2, 0) is 11.3 Å². The topological polar surface area (TPSA) is 58.3 Å². The molecule has 1 spiro atoms. The van der Waals surface area contributed by atoms with E-state index in [9.17, 15) is 9.59 Å². The number of imide groups is 1. The van der Waals surface area contributed by atoms with Crippen molar-refractivity contribution in [3.63, 3.8) is 0 Å². The van der Waals surface area contributed by atoms with Crippen molar-refractivity contribution in [2.75, 3.05) is 32.8 Å². The van der Waals surface area contributed by atoms with Crippen molar-refractivity contribution in [2.45, 2.75) is 44.7 Å². The summed E-state index contributed by atoms with van der Waals surface area (Å²) in [5.41, 5.74) is 0.759. The Morgan fingerprint density at radius 3 is 2.55 bits per heavy atom. The van der Waals surface area contributed by atoms with Crippen LogP contribution in [-0.4, -0.2) is 55.2 Å². The molecule has 3 aliphatic rings. The van der Waals surface area contributed by atoms with Gasteiger partial charge in [0.1, 0.15) is 38.3 Å². The molecule has 2 aliphatic heterocycles. The number of quaternary nitrogens is 2. The fraction of sp³-hybridized carbons (Fsp3) is 0.520. The standard InChI is InChI=1S/C25H32N4O2/c1-19-7-4-5-12-25(19)23(30)29(24(31)26-25)18-28-15-13-27(14-16-28)17-21-10-6-9-20-8-2-3-11-22(20)21/h2-3,6,8-11,19H,4-5,7,12-18H2,1H3,(H,26,31)/p+2/t19-,25+/m0/s1. The maximum atomic E-state index is 13.2. The van der Waals surface area contributed by atoms with Crippen LogP contribution in [0.1, 0.15) is 38.2 Å². The van der Waals surface area contributed by atoms with Crippen LogP contribution >= 0.6 is 0 Å². The van der Waals surface area contributed by atoms with E-state index in [0.29, 0.717) is 6.67 Å². The molecule has 2 saturated heterocycles. The maximum absolute atomic E-state index is 13.2. The lowest BCUT2D eigenvalue weighted by molar-refractivity contribution is -1.02. The number of nitrogens with one attached hydrogen (secondary N) is 3. The van der Waals surface area contributed by atoms with Crippen LogP contribution in [0.15, 0.2) is 42.5 Å². The van der Waals surface area contributed by atoms with E-state index >= 15 is 0 Å². The number of piperazine rings is 1. The average molecular weight is 423 g/mol. The van der Waals surface area contributed by atoms with Crippen molar-refractivity contribution < 1.29 is 19.4 Å². The summed E-state index contributed by atoms with van der Waals surface area (Å²) in [6, 6.07) is 15.0. The zero-order valence-corrected chi connectivity index (χ0v) is 18.5. The van der Waals surface area contributed by atoms with Crippen molar-refractivity contribution >= 4 is 22.7 Å². The first-order valence-corrected chi connectivity index (χ1v) is 11.8. The van der Waals surface area contributed by atoms with Gasteiger partial charge in [-0.05, 0) is 29.5 Å². The second kappa shape index (κ2) is 8.24. The van der Waals surface area contributed by atoms with Gasteiger partial charge in [-0.3, -0.25) is 4.79 Å². The number of amides is 3. The zero-order chi connectivity index (χ0) is 21.4. The van der Waals surface area contributed by atoms with Gasteiger partial charge in [-0.15, -0.1) is 0 Å². The number of benzene rings is 2. The Morgan fingerprint density at radius 1 is 1.00 bits per heavy atom. The third-order valence-electron chi connectivity index (χ3n) is 7.87. The normalized spacial score (nSPS) is 31.4. The van der Waals surface area contributed by atoms with E-state index in [-0.39, 0.29) is 17.9 Å². The molecule has 2 heterocycles. The Balaban J connectivity index is 1.19. The first-order valence-electron chi connectivity index (χ1n) is 11.8. The third-order valence-corrected chi connectivity index (χ3v) is 7.87. The van der Waals surface area contributed by atoms with Gasteiger partial charge in [0.05, 0.1) is 0 Å². The Hall–Kier alpha value is -2.44. The number of nitrogens with zero attached hydrogens (tertiary/aromatic N) is 1. The van der Waals surface area contributed by atoms with Gasteiger partial charge in [0.2, 0.25) is 0 Å². The van der Waals surface area contributed by atoms with Gasteiger partial charge in [0.15, 0.2) is 6.67 Å². The molecule has 5 rings (SSSR count). The molecule has 3 fully saturated rings. The maximum Gasteiger partial charge on any atom is 0.329 e. The van der Waals surface area contributed by atoms with Gasteiger partial charge < -0.3 is 15.1 Å². The van der Waals surface area contributed by atoms with Gasteiger partial charge in [0, 0.05) is 5.56 Å². The molecule has 0 radical (unpaired) electrons. The predicted octanol–water partition coefficient (Wildman–Crippen LogP) is 0.581. The Bertz CT molecular complexity index is 979. The van der Waals surface area contributed by atoms with Gasteiger partial charge >= 0.3 is 6.03 Å². The molecule has 3 N–H and O–H groups in total. The number of rotatable bonds is 4. The van der Waals surface area contributed by atoms with Crippen molar-refractivity contribution in [3.8, 4) is 0 Å². The molecule has 0 unspecified atom stereocenters. The van der Waals surface area contributed by atoms with Gasteiger partial charge in [-0.25, -0.2) is 9.69 Å². The van der Waals surface area contributed by atoms with E-state index in [2.05, 4.69) is 54.7 Å². The lowest BCUT2D eigenvalue weighted by Gasteiger charge is -2.37. The monoisotopic (exact) mass is 422 g/mol. The highest BCUT2D eigenvalue weighted by Crippen LogP contribution is 2.37. The highest BCUT2D eigenvalue weighted by Gasteiger charge is 2.55. The van der Waals surface area contributed by atoms with E-state index in [1.54, 1.807) is 4.90 Å². The molecular formula is C25H34N4O2+2. The SMILES string of the molecule is C[C@H]1CCCC[C@@]12NC(=O)N(C[NH+]1CC[NH+](Cc3cccc4ccccc34)CC1)C2=O. The predicted molar refractivity (Wildman–Crippen MR) is 120 cm³/mol. The molecule has 1 aliphatic carbocycles. The lowest BCUT2D eigenvalue weighted by atomic mass is 9.73. The first kappa shape index (κ1) is 20.5. The summed E-state index contributed by atoms with van der Waals surface area (Å²) < 4.78 is 0. The van der Waals surface area contributed by atoms with E-state index in [0.717, 1.165) is 58.4 Å². The minimum Gasteiger partial charge on any atom is -0.323 e. The fourth-order valence-electron chi connectivity index (χ4n) is 5.87. The van der Waals surface area contributed by atoms with Crippen LogP contribution in [0.2, 0.25) is 0 Å². The Kier molecular flexibility index (Phi) is 5.44. The summed E-state index contributed by atoms with van der Waals surface area (Å²) in [6.45, 7) is 7.73. The number of hydrogen-bond donors (Lipinski definition) is 3. The van der Waals surface area contributed by atoms with Crippen molar-refractivity contribution in [1.29, 1.82) is 0 Å². The van der Waals surface area contributed by atoms with Crippen LogP contribution in [0.25, 0.3) is 10.8 Å². The first-order chi connectivity index (χ1) is 15.1. The summed E-state index contributed by atoms with van der Waals surface area (Å²) in [5.74, 6) is 0.238. The van der Waals surface area contributed by atoms with Crippen LogP contribution in [0.5, 0.6) is 0 Å². The highest BCUT2D eigenvalue weighted by molar-refractivity contribution is 6.07. The lowest BCUT2D eigenvalue weighted by Crippen LogP contribution is -3.28. The fourth-order valence-corrected chi connectivity index (χ4v) is 5.87. The van der Waals surface area contributed by atoms with Crippen molar-refractivity contribution in [2.24, 2.45) is 5.92 Å². The van der Waals surface area contributed by atoms with Crippen molar-refractivity contribution in [1.82, 2.24) is 10.2 Å². The molecule has 6 nitrogen and oxygen atoms in total. The Labute approximate surface area is 184 Å². The minimum absolute atomic E-state index is 0.0164. The minimum atomic E-state index is -0.643. The molecule has 0 aromatic heterocycles. The van der Waals surface area contributed by atoms with Crippen molar-refractivity contribution in [3.05, 3.63) is 48.0 Å². The van der Waals surface area contributed by atoms with Gasteiger partial charge in [-0.1, -0.05) is 62.2 Å². The molecule has 2 aromatic rings. The quantitative estimate of drug-likeness (QED) is 0.632. The smallest absolute Gasteiger partial charge is 0.323 e. The highest BCUT2D eigenvalue weighted by atomic mass is 16.2. The van der Waals surface area contributed by atoms with E-state index in [1.165, 1.54) is 26.1 Å². The average Bonchev–Trinajstić information content (AvgIpc) is 3.02. The molecule has 164 valence electrons. The van der Waals surface area contributed by atoms with Crippen LogP contribution < -0.4 is 15.1 Å². The number of hydrogen-bond acceptors (Lipinski definition) is 2. The second-order valence-electron chi connectivity index (χ2n) is 9.75. The molecule has 6 heteroatoms. The number of urea groups is 1. The van der Waals surface area contributed by atoms with Crippen LogP contribution in [0, 0.1) is 5.92 Å². The van der Waals surface area contributed by atoms with E-state index in [1.807, 2.05) is 0 Å². The number of fused-ring (bicyclic) bond motifs is 1. The molecule has 2 atom stereocenters. The summed E-state index contributed by atoms with van der Waals surface area (Å²) in [4.78, 5) is 30.3. The van der Waals surface area contributed by atoms with E-state index in [4.69, 9.17) is 0 Å². The molecule has 0 bridgehead atoms. The summed E-state index contributed by atoms with van der Waals surface area (Å²) in [6.07, 6.45) is 3.97. The second-order valence-corrected chi connectivity index (χ2v) is 9.75. The third kappa shape index (κ3) is 3.72. The largest absolute Gasteiger partial charge is 0.329 e. The Morgan fingerprint density at radius 2 is 1.74 bits per heavy atom. The number of carbonyl (C=O) groups excluding carboxylic acids is 2. The molecule has 2 aromatic carbocycles. The summed E-state index contributed by atoms with van der Waals surface area (Å²) in [7, 11) is 0. The summed E-state index contributed by atoms with van der Waals surface area (Å²) in [5, 5.41) is 5.73. The van der Waals surface area contributed by atoms with Crippen LogP contribution in [0.3, 0.4) is 0 Å². The molecule has 1 saturated carbocycles. The van der Waals surface area contributed by atoms with Gasteiger partial charge in [0.25, 0.3) is 5.91 Å².